The topological polar surface area (TPSA) is 66.8 Å². The third kappa shape index (κ3) is 8.03. The summed E-state index contributed by atoms with van der Waals surface area (Å²) in [6, 6.07) is 16.7. The molecule has 1 saturated heterocycles. The van der Waals surface area contributed by atoms with Gasteiger partial charge in [-0.3, -0.25) is 4.98 Å². The van der Waals surface area contributed by atoms with E-state index < -0.39 is 0 Å². The van der Waals surface area contributed by atoms with Crippen molar-refractivity contribution < 1.29 is 14.6 Å². The monoisotopic (exact) mass is 503 g/mol. The lowest BCUT2D eigenvalue weighted by Gasteiger charge is -2.18. The molecule has 2 heterocycles. The van der Waals surface area contributed by atoms with Gasteiger partial charge in [0, 0.05) is 32.0 Å². The van der Waals surface area contributed by atoms with E-state index in [2.05, 4.69) is 71.5 Å². The zero-order valence-electron chi connectivity index (χ0n) is 22.3. The van der Waals surface area contributed by atoms with E-state index in [1.165, 1.54) is 16.7 Å². The molecule has 0 spiro atoms. The third-order valence-corrected chi connectivity index (χ3v) is 7.05. The first-order valence-electron chi connectivity index (χ1n) is 13.6. The van der Waals surface area contributed by atoms with Crippen LogP contribution in [-0.4, -0.2) is 67.0 Å². The van der Waals surface area contributed by atoms with Crippen LogP contribution in [0.4, 0.5) is 0 Å². The van der Waals surface area contributed by atoms with Crippen LogP contribution in [-0.2, 0) is 6.42 Å². The number of β-amino-alcohol motifs (C(OH)–C–C–N with tert-alkyl or cyclic N) is 1. The van der Waals surface area contributed by atoms with E-state index in [0.29, 0.717) is 13.2 Å². The van der Waals surface area contributed by atoms with Crippen molar-refractivity contribution in [2.24, 2.45) is 0 Å². The maximum Gasteiger partial charge on any atom is 0.122 e. The highest BCUT2D eigenvalue weighted by Crippen LogP contribution is 2.35. The lowest BCUT2D eigenvalue weighted by atomic mass is 9.95. The predicted molar refractivity (Wildman–Crippen MR) is 149 cm³/mol. The van der Waals surface area contributed by atoms with Gasteiger partial charge in [0.15, 0.2) is 0 Å². The molecule has 198 valence electrons. The molecule has 1 aliphatic rings. The van der Waals surface area contributed by atoms with E-state index in [4.69, 9.17) is 9.47 Å². The summed E-state index contributed by atoms with van der Waals surface area (Å²) in [5.74, 6) is 1.87. The predicted octanol–water partition coefficient (Wildman–Crippen LogP) is 4.80. The number of aliphatic hydroxyl groups excluding tert-OH is 1. The Bertz CT molecular complexity index is 1110. The molecule has 2 aromatic carbocycles. The van der Waals surface area contributed by atoms with Gasteiger partial charge in [0.25, 0.3) is 0 Å². The van der Waals surface area contributed by atoms with Crippen LogP contribution in [0, 0.1) is 13.8 Å². The highest BCUT2D eigenvalue weighted by Gasteiger charge is 2.19. The van der Waals surface area contributed by atoms with Gasteiger partial charge in [-0.05, 0) is 98.6 Å². The van der Waals surface area contributed by atoms with Crippen LogP contribution < -0.4 is 14.8 Å². The third-order valence-electron chi connectivity index (χ3n) is 7.05. The first kappa shape index (κ1) is 27.1. The fraction of sp³-hybridized carbons (Fsp3) is 0.452. The normalized spacial score (nSPS) is 15.7. The van der Waals surface area contributed by atoms with Crippen LogP contribution in [0.2, 0.25) is 0 Å². The van der Waals surface area contributed by atoms with E-state index in [1.54, 1.807) is 0 Å². The molecular weight excluding hydrogens is 462 g/mol. The Morgan fingerprint density at radius 2 is 1.62 bits per heavy atom. The number of hydrogen-bond donors (Lipinski definition) is 2. The van der Waals surface area contributed by atoms with Crippen molar-refractivity contribution >= 4 is 0 Å². The van der Waals surface area contributed by atoms with Crippen molar-refractivity contribution in [3.05, 3.63) is 77.6 Å². The summed E-state index contributed by atoms with van der Waals surface area (Å²) < 4.78 is 12.3. The van der Waals surface area contributed by atoms with E-state index in [1.807, 2.05) is 18.5 Å². The van der Waals surface area contributed by atoms with Crippen LogP contribution in [0.25, 0.3) is 11.1 Å². The second-order valence-corrected chi connectivity index (χ2v) is 9.87. The van der Waals surface area contributed by atoms with Crippen molar-refractivity contribution in [3.8, 4) is 22.6 Å². The number of nitrogens with one attached hydrogen (secondary N) is 1. The van der Waals surface area contributed by atoms with Crippen LogP contribution >= 0.6 is 0 Å². The number of aromatic nitrogens is 1. The molecule has 1 atom stereocenters. The number of benzene rings is 2. The number of pyridine rings is 1. The molecule has 4 rings (SSSR count). The number of hydrogen-bond acceptors (Lipinski definition) is 6. The minimum Gasteiger partial charge on any atom is -0.493 e. The Labute approximate surface area is 221 Å². The zero-order chi connectivity index (χ0) is 25.9. The Morgan fingerprint density at radius 3 is 2.24 bits per heavy atom. The van der Waals surface area contributed by atoms with Crippen molar-refractivity contribution in [3.63, 3.8) is 0 Å². The molecule has 6 nitrogen and oxygen atoms in total. The van der Waals surface area contributed by atoms with Gasteiger partial charge in [-0.25, -0.2) is 0 Å². The average molecular weight is 504 g/mol. The second-order valence-electron chi connectivity index (χ2n) is 9.87. The standard InChI is InChI=1S/C31H41N3O3/c1-24-28(9-3-11-30(24)36-20-6-16-32-17-13-26-8-5-15-33-22-26)29-10-4-12-31(25(29)2)37-21-7-18-34-19-14-27(35)23-34/h3-5,8-12,15,22,27,32,35H,6-7,13-14,16-21,23H2,1-2H3/t27-/m1/s1. The Hall–Kier alpha value is -2.93. The molecule has 0 unspecified atom stereocenters. The molecular formula is C31H41N3O3. The lowest BCUT2D eigenvalue weighted by molar-refractivity contribution is 0.173. The molecule has 0 amide bonds. The van der Waals surface area contributed by atoms with Crippen molar-refractivity contribution in [2.75, 3.05) is 45.9 Å². The average Bonchev–Trinajstić information content (AvgIpc) is 3.33. The maximum absolute atomic E-state index is 9.69. The summed E-state index contributed by atoms with van der Waals surface area (Å²) in [6.45, 7) is 10.2. The summed E-state index contributed by atoms with van der Waals surface area (Å²) in [5.41, 5.74) is 5.92. The molecule has 2 N–H and O–H groups in total. The van der Waals surface area contributed by atoms with Gasteiger partial charge in [0.1, 0.15) is 11.5 Å². The summed E-state index contributed by atoms with van der Waals surface area (Å²) in [5, 5.41) is 13.2. The summed E-state index contributed by atoms with van der Waals surface area (Å²) in [4.78, 5) is 6.47. The minimum absolute atomic E-state index is 0.164. The number of aliphatic hydroxyl groups is 1. The molecule has 1 aliphatic heterocycles. The van der Waals surface area contributed by atoms with E-state index in [-0.39, 0.29) is 6.10 Å². The fourth-order valence-corrected chi connectivity index (χ4v) is 4.89. The molecule has 0 bridgehead atoms. The highest BCUT2D eigenvalue weighted by molar-refractivity contribution is 5.74. The number of nitrogens with zero attached hydrogens (tertiary/aromatic N) is 2. The first-order chi connectivity index (χ1) is 18.1. The first-order valence-corrected chi connectivity index (χ1v) is 13.6. The van der Waals surface area contributed by atoms with Crippen LogP contribution in [0.1, 0.15) is 36.0 Å². The Morgan fingerprint density at radius 1 is 0.919 bits per heavy atom. The van der Waals surface area contributed by atoms with Gasteiger partial charge < -0.3 is 24.8 Å². The van der Waals surface area contributed by atoms with Crippen LogP contribution in [0.5, 0.6) is 11.5 Å². The molecule has 3 aromatic rings. The number of rotatable bonds is 14. The highest BCUT2D eigenvalue weighted by atomic mass is 16.5. The van der Waals surface area contributed by atoms with E-state index in [0.717, 1.165) is 81.0 Å². The van der Waals surface area contributed by atoms with E-state index >= 15 is 0 Å². The van der Waals surface area contributed by atoms with E-state index in [9.17, 15) is 5.11 Å². The fourth-order valence-electron chi connectivity index (χ4n) is 4.89. The van der Waals surface area contributed by atoms with Crippen LogP contribution in [0.3, 0.4) is 0 Å². The summed E-state index contributed by atoms with van der Waals surface area (Å²) >= 11 is 0. The van der Waals surface area contributed by atoms with Gasteiger partial charge >= 0.3 is 0 Å². The molecule has 0 aliphatic carbocycles. The summed E-state index contributed by atoms with van der Waals surface area (Å²) in [7, 11) is 0. The van der Waals surface area contributed by atoms with Gasteiger partial charge in [-0.1, -0.05) is 30.3 Å². The van der Waals surface area contributed by atoms with Crippen molar-refractivity contribution in [1.29, 1.82) is 0 Å². The summed E-state index contributed by atoms with van der Waals surface area (Å²) in [6.07, 6.45) is 7.34. The quantitative estimate of drug-likeness (QED) is 0.308. The molecule has 0 radical (unpaired) electrons. The van der Waals surface area contributed by atoms with Gasteiger partial charge in [-0.15, -0.1) is 0 Å². The second kappa shape index (κ2) is 14.1. The Balaban J connectivity index is 1.24. The molecule has 0 saturated carbocycles. The Kier molecular flexibility index (Phi) is 10.4. The molecule has 1 aromatic heterocycles. The molecule has 37 heavy (non-hydrogen) atoms. The van der Waals surface area contributed by atoms with Gasteiger partial charge in [0.05, 0.1) is 19.3 Å². The smallest absolute Gasteiger partial charge is 0.122 e. The van der Waals surface area contributed by atoms with Gasteiger partial charge in [-0.2, -0.15) is 0 Å². The van der Waals surface area contributed by atoms with Crippen LogP contribution in [0.15, 0.2) is 60.9 Å². The van der Waals surface area contributed by atoms with Crippen molar-refractivity contribution in [2.45, 2.75) is 45.6 Å². The molecule has 1 fully saturated rings. The number of likely N-dealkylation sites (tertiary alicyclic amines) is 1. The zero-order valence-corrected chi connectivity index (χ0v) is 22.3. The number of ether oxygens (including phenoxy) is 2. The van der Waals surface area contributed by atoms with Crippen molar-refractivity contribution in [1.82, 2.24) is 15.2 Å². The SMILES string of the molecule is Cc1c(OCCCNCCc2cccnc2)cccc1-c1cccc(OCCCN2CC[C@@H](O)C2)c1C. The maximum atomic E-state index is 9.69. The van der Waals surface area contributed by atoms with Gasteiger partial charge in [0.2, 0.25) is 0 Å². The lowest BCUT2D eigenvalue weighted by Crippen LogP contribution is -2.24. The largest absolute Gasteiger partial charge is 0.493 e. The minimum atomic E-state index is -0.164. The molecule has 6 heteroatoms.